The fourth-order valence-electron chi connectivity index (χ4n) is 2.77. The number of aromatic nitrogens is 2. The molecule has 1 atom stereocenters. The minimum Gasteiger partial charge on any atom is -0.290 e. The van der Waals surface area contributed by atoms with Crippen molar-refractivity contribution in [2.24, 2.45) is 0 Å². The first kappa shape index (κ1) is 13.1. The van der Waals surface area contributed by atoms with E-state index in [2.05, 4.69) is 14.9 Å². The zero-order valence-corrected chi connectivity index (χ0v) is 11.0. The predicted molar refractivity (Wildman–Crippen MR) is 70.8 cm³/mol. The Labute approximate surface area is 116 Å². The summed E-state index contributed by atoms with van der Waals surface area (Å²) in [4.78, 5) is 10.6. The molecule has 0 saturated carbocycles. The fraction of sp³-hybridized carbons (Fsp3) is 0.333. The van der Waals surface area contributed by atoms with Crippen molar-refractivity contribution < 1.29 is 8.78 Å². The number of likely N-dealkylation sites (tertiary alicyclic amines) is 1. The summed E-state index contributed by atoms with van der Waals surface area (Å²) in [5, 5.41) is 0. The molecule has 20 heavy (non-hydrogen) atoms. The summed E-state index contributed by atoms with van der Waals surface area (Å²) in [5.74, 6) is -1.06. The second kappa shape index (κ2) is 5.63. The van der Waals surface area contributed by atoms with Crippen LogP contribution in [0.2, 0.25) is 0 Å². The molecule has 5 heteroatoms. The molecule has 1 aromatic heterocycles. The van der Waals surface area contributed by atoms with Gasteiger partial charge < -0.3 is 0 Å². The Kier molecular flexibility index (Phi) is 3.69. The van der Waals surface area contributed by atoms with E-state index in [-0.39, 0.29) is 6.04 Å². The van der Waals surface area contributed by atoms with Gasteiger partial charge in [0, 0.05) is 31.2 Å². The summed E-state index contributed by atoms with van der Waals surface area (Å²) in [6, 6.07) is 3.84. The Morgan fingerprint density at radius 2 is 1.95 bits per heavy atom. The summed E-state index contributed by atoms with van der Waals surface area (Å²) >= 11 is 0. The second-order valence-electron chi connectivity index (χ2n) is 5.04. The van der Waals surface area contributed by atoms with E-state index in [1.54, 1.807) is 18.6 Å². The third-order valence-corrected chi connectivity index (χ3v) is 3.60. The number of halogens is 2. The lowest BCUT2D eigenvalue weighted by atomic mass is 10.1. The van der Waals surface area contributed by atoms with E-state index in [1.165, 1.54) is 12.1 Å². The molecule has 104 valence electrons. The largest absolute Gasteiger partial charge is 0.290 e. The third kappa shape index (κ3) is 2.82. The smallest absolute Gasteiger partial charge is 0.126 e. The molecular weight excluding hydrogens is 260 g/mol. The molecule has 1 saturated heterocycles. The molecule has 2 aromatic rings. The minimum atomic E-state index is -0.532. The van der Waals surface area contributed by atoms with E-state index < -0.39 is 11.6 Å². The van der Waals surface area contributed by atoms with Crippen molar-refractivity contribution in [1.82, 2.24) is 14.9 Å². The number of hydrogen-bond acceptors (Lipinski definition) is 3. The van der Waals surface area contributed by atoms with Crippen LogP contribution in [0.15, 0.2) is 36.8 Å². The third-order valence-electron chi connectivity index (χ3n) is 3.60. The van der Waals surface area contributed by atoms with Gasteiger partial charge in [-0.25, -0.2) is 8.78 Å². The standard InChI is InChI=1S/C15H15F2N3/c16-12-6-11(7-13(17)8-12)10-20-5-1-2-15(20)14-9-18-3-4-19-14/h3-4,6-9,15H,1-2,5,10H2/t15-/m0/s1. The Morgan fingerprint density at radius 3 is 2.65 bits per heavy atom. The lowest BCUT2D eigenvalue weighted by Gasteiger charge is -2.23. The maximum atomic E-state index is 13.2. The average Bonchev–Trinajstić information content (AvgIpc) is 2.86. The van der Waals surface area contributed by atoms with Crippen molar-refractivity contribution in [3.63, 3.8) is 0 Å². The number of rotatable bonds is 3. The molecule has 3 nitrogen and oxygen atoms in total. The van der Waals surface area contributed by atoms with Crippen LogP contribution in [0.5, 0.6) is 0 Å². The maximum Gasteiger partial charge on any atom is 0.126 e. The Morgan fingerprint density at radius 1 is 1.15 bits per heavy atom. The number of hydrogen-bond donors (Lipinski definition) is 0. The first-order chi connectivity index (χ1) is 9.72. The number of nitrogens with zero attached hydrogens (tertiary/aromatic N) is 3. The van der Waals surface area contributed by atoms with Crippen molar-refractivity contribution in [3.8, 4) is 0 Å². The monoisotopic (exact) mass is 275 g/mol. The van der Waals surface area contributed by atoms with Gasteiger partial charge >= 0.3 is 0 Å². The number of benzene rings is 1. The van der Waals surface area contributed by atoms with E-state index in [0.29, 0.717) is 12.1 Å². The van der Waals surface area contributed by atoms with E-state index in [1.807, 2.05) is 0 Å². The summed E-state index contributed by atoms with van der Waals surface area (Å²) < 4.78 is 26.5. The Bertz CT molecular complexity index is 569. The van der Waals surface area contributed by atoms with Gasteiger partial charge in [0.25, 0.3) is 0 Å². The Hall–Kier alpha value is -1.88. The molecule has 1 aliphatic rings. The first-order valence-corrected chi connectivity index (χ1v) is 6.67. The minimum absolute atomic E-state index is 0.176. The van der Waals surface area contributed by atoms with Gasteiger partial charge in [0.15, 0.2) is 0 Å². The highest BCUT2D eigenvalue weighted by atomic mass is 19.1. The van der Waals surface area contributed by atoms with Gasteiger partial charge in [-0.15, -0.1) is 0 Å². The average molecular weight is 275 g/mol. The van der Waals surface area contributed by atoms with Crippen LogP contribution >= 0.6 is 0 Å². The summed E-state index contributed by atoms with van der Waals surface area (Å²) in [7, 11) is 0. The SMILES string of the molecule is Fc1cc(F)cc(CN2CCC[C@H]2c2cnccn2)c1. The quantitative estimate of drug-likeness (QED) is 0.862. The molecule has 1 aromatic carbocycles. The van der Waals surface area contributed by atoms with Crippen molar-refractivity contribution in [2.75, 3.05) is 6.54 Å². The second-order valence-corrected chi connectivity index (χ2v) is 5.04. The predicted octanol–water partition coefficient (Wildman–Crippen LogP) is 3.09. The molecule has 3 rings (SSSR count). The van der Waals surface area contributed by atoms with Gasteiger partial charge in [0.1, 0.15) is 11.6 Å². The topological polar surface area (TPSA) is 29.0 Å². The van der Waals surface area contributed by atoms with Crippen molar-refractivity contribution in [2.45, 2.75) is 25.4 Å². The molecule has 0 spiro atoms. The van der Waals surface area contributed by atoms with Crippen LogP contribution in [0.25, 0.3) is 0 Å². The molecule has 0 unspecified atom stereocenters. The van der Waals surface area contributed by atoms with E-state index >= 15 is 0 Å². The highest BCUT2D eigenvalue weighted by Crippen LogP contribution is 2.31. The molecule has 1 fully saturated rings. The molecule has 0 N–H and O–H groups in total. The molecule has 0 amide bonds. The molecule has 0 radical (unpaired) electrons. The summed E-state index contributed by atoms with van der Waals surface area (Å²) in [5.41, 5.74) is 1.57. The highest BCUT2D eigenvalue weighted by molar-refractivity contribution is 5.18. The lowest BCUT2D eigenvalue weighted by Crippen LogP contribution is -2.23. The molecule has 2 heterocycles. The van der Waals surface area contributed by atoms with Gasteiger partial charge in [0.2, 0.25) is 0 Å². The van der Waals surface area contributed by atoms with Gasteiger partial charge in [-0.1, -0.05) is 0 Å². The van der Waals surface area contributed by atoms with Crippen LogP contribution in [0.3, 0.4) is 0 Å². The zero-order valence-electron chi connectivity index (χ0n) is 11.0. The van der Waals surface area contributed by atoms with Gasteiger partial charge in [-0.2, -0.15) is 0 Å². The van der Waals surface area contributed by atoms with Gasteiger partial charge in [-0.3, -0.25) is 14.9 Å². The van der Waals surface area contributed by atoms with Crippen molar-refractivity contribution >= 4 is 0 Å². The van der Waals surface area contributed by atoms with E-state index in [0.717, 1.165) is 31.1 Å². The molecular formula is C15H15F2N3. The zero-order chi connectivity index (χ0) is 13.9. The highest BCUT2D eigenvalue weighted by Gasteiger charge is 2.27. The molecule has 1 aliphatic heterocycles. The van der Waals surface area contributed by atoms with E-state index in [4.69, 9.17) is 0 Å². The van der Waals surface area contributed by atoms with Crippen LogP contribution in [-0.2, 0) is 6.54 Å². The molecule has 0 aliphatic carbocycles. The van der Waals surface area contributed by atoms with Gasteiger partial charge in [-0.05, 0) is 37.1 Å². The molecule has 0 bridgehead atoms. The van der Waals surface area contributed by atoms with Crippen LogP contribution in [-0.4, -0.2) is 21.4 Å². The lowest BCUT2D eigenvalue weighted by molar-refractivity contribution is 0.243. The van der Waals surface area contributed by atoms with Crippen LogP contribution in [0.1, 0.15) is 30.1 Å². The summed E-state index contributed by atoms with van der Waals surface area (Å²) in [6.07, 6.45) is 7.13. The van der Waals surface area contributed by atoms with Crippen molar-refractivity contribution in [1.29, 1.82) is 0 Å². The first-order valence-electron chi connectivity index (χ1n) is 6.67. The summed E-state index contributed by atoms with van der Waals surface area (Å²) in [6.45, 7) is 1.43. The maximum absolute atomic E-state index is 13.2. The van der Waals surface area contributed by atoms with Crippen LogP contribution in [0, 0.1) is 11.6 Å². The van der Waals surface area contributed by atoms with Crippen molar-refractivity contribution in [3.05, 3.63) is 59.7 Å². The van der Waals surface area contributed by atoms with Gasteiger partial charge in [0.05, 0.1) is 11.7 Å². The van der Waals surface area contributed by atoms with Crippen LogP contribution in [0.4, 0.5) is 8.78 Å². The Balaban J connectivity index is 1.79. The normalized spacial score (nSPS) is 19.4. The fourth-order valence-corrected chi connectivity index (χ4v) is 2.77. The van der Waals surface area contributed by atoms with E-state index in [9.17, 15) is 8.78 Å². The van der Waals surface area contributed by atoms with Crippen LogP contribution < -0.4 is 0 Å².